The number of rotatable bonds is 6. The molecule has 2 aromatic rings. The average Bonchev–Trinajstić information content (AvgIpc) is 2.73. The number of aromatic hydroxyl groups is 4. The minimum Gasteiger partial charge on any atom is -0.508 e. The van der Waals surface area contributed by atoms with Crippen molar-refractivity contribution in [3.05, 3.63) is 47.0 Å². The number of hydrogen-bond acceptors (Lipinski definition) is 10. The Morgan fingerprint density at radius 2 is 1.55 bits per heavy atom. The van der Waals surface area contributed by atoms with Gasteiger partial charge >= 0.3 is 0 Å². The maximum absolute atomic E-state index is 12.7. The molecule has 31 heavy (non-hydrogen) atoms. The summed E-state index contributed by atoms with van der Waals surface area (Å²) in [6, 6.07) is 6.92. The van der Waals surface area contributed by atoms with Gasteiger partial charge in [0.05, 0.1) is 12.2 Å². The topological polar surface area (TPSA) is 188 Å². The fourth-order valence-corrected chi connectivity index (χ4v) is 3.60. The van der Waals surface area contributed by atoms with Crippen LogP contribution in [0.4, 0.5) is 0 Å². The first-order chi connectivity index (χ1) is 14.6. The predicted octanol–water partition coefficient (Wildman–Crippen LogP) is -0.161. The minimum atomic E-state index is -1.81. The van der Waals surface area contributed by atoms with E-state index >= 15 is 0 Å². The van der Waals surface area contributed by atoms with E-state index in [2.05, 4.69) is 0 Å². The highest BCUT2D eigenvalue weighted by atomic mass is 16.5. The Labute approximate surface area is 176 Å². The van der Waals surface area contributed by atoms with E-state index in [0.29, 0.717) is 0 Å². The number of carbonyl (C=O) groups is 1. The highest BCUT2D eigenvalue weighted by Gasteiger charge is 2.46. The number of carbonyl (C=O) groups excluding carboxylic acids is 1. The van der Waals surface area contributed by atoms with Crippen LogP contribution in [0.15, 0.2) is 30.3 Å². The molecule has 3 rings (SSSR count). The number of ether oxygens (including phenoxy) is 1. The first-order valence-corrected chi connectivity index (χ1v) is 9.55. The van der Waals surface area contributed by atoms with Crippen molar-refractivity contribution < 1.29 is 50.4 Å². The van der Waals surface area contributed by atoms with E-state index in [0.717, 1.165) is 11.6 Å². The zero-order valence-electron chi connectivity index (χ0n) is 16.3. The van der Waals surface area contributed by atoms with Gasteiger partial charge in [0, 0.05) is 12.5 Å². The number of aryl methyl sites for hydroxylation is 1. The van der Waals surface area contributed by atoms with Gasteiger partial charge in [-0.15, -0.1) is 0 Å². The molecular weight excluding hydrogens is 412 g/mol. The second-order valence-corrected chi connectivity index (χ2v) is 7.39. The minimum absolute atomic E-state index is 0.0630. The molecule has 0 aliphatic carbocycles. The SMILES string of the molecule is O=C(CCc1ccc(O)cc1)c1c(O)cc(O)c([C@@H]2O[C@H](CO)[C@@H](O)[C@H](O)[C@@H]2O)c1O. The first kappa shape index (κ1) is 22.8. The lowest BCUT2D eigenvalue weighted by Gasteiger charge is -2.40. The Hall–Kier alpha value is -2.89. The van der Waals surface area contributed by atoms with E-state index < -0.39 is 71.3 Å². The van der Waals surface area contributed by atoms with Gasteiger partial charge in [0.1, 0.15) is 59.1 Å². The Morgan fingerprint density at radius 1 is 0.903 bits per heavy atom. The molecule has 0 aromatic heterocycles. The third-order valence-electron chi connectivity index (χ3n) is 5.33. The molecule has 0 unspecified atom stereocenters. The fourth-order valence-electron chi connectivity index (χ4n) is 3.60. The number of hydrogen-bond donors (Lipinski definition) is 8. The molecule has 1 heterocycles. The van der Waals surface area contributed by atoms with Gasteiger partial charge in [-0.3, -0.25) is 4.79 Å². The van der Waals surface area contributed by atoms with Gasteiger partial charge in [-0.25, -0.2) is 0 Å². The molecule has 168 valence electrons. The monoisotopic (exact) mass is 436 g/mol. The summed E-state index contributed by atoms with van der Waals surface area (Å²) in [5.41, 5.74) is -0.260. The summed E-state index contributed by atoms with van der Waals surface area (Å²) in [6.07, 6.45) is -8.02. The van der Waals surface area contributed by atoms with Crippen molar-refractivity contribution in [3.63, 3.8) is 0 Å². The number of Topliss-reactive ketones (excluding diaryl/α,β-unsaturated/α-hetero) is 1. The molecule has 0 spiro atoms. The van der Waals surface area contributed by atoms with Crippen molar-refractivity contribution in [1.29, 1.82) is 0 Å². The summed E-state index contributed by atoms with van der Waals surface area (Å²) < 4.78 is 5.35. The van der Waals surface area contributed by atoms with E-state index in [1.165, 1.54) is 12.1 Å². The number of benzene rings is 2. The molecule has 1 aliphatic heterocycles. The van der Waals surface area contributed by atoms with Crippen LogP contribution in [0.5, 0.6) is 23.0 Å². The fraction of sp³-hybridized carbons (Fsp3) is 0.381. The Bertz CT molecular complexity index is 940. The number of aliphatic hydroxyl groups excluding tert-OH is 4. The number of ketones is 1. The molecule has 10 heteroatoms. The van der Waals surface area contributed by atoms with Gasteiger partial charge in [0.25, 0.3) is 0 Å². The summed E-state index contributed by atoms with van der Waals surface area (Å²) in [7, 11) is 0. The lowest BCUT2D eigenvalue weighted by molar-refractivity contribution is -0.232. The third-order valence-corrected chi connectivity index (χ3v) is 5.33. The van der Waals surface area contributed by atoms with Crippen LogP contribution in [0.2, 0.25) is 0 Å². The smallest absolute Gasteiger partial charge is 0.170 e. The lowest BCUT2D eigenvalue weighted by atomic mass is 9.88. The summed E-state index contributed by atoms with van der Waals surface area (Å²) in [4.78, 5) is 12.7. The van der Waals surface area contributed by atoms with Gasteiger partial charge in [0.15, 0.2) is 5.78 Å². The highest BCUT2D eigenvalue weighted by molar-refractivity contribution is 6.02. The molecule has 8 N–H and O–H groups in total. The van der Waals surface area contributed by atoms with Crippen molar-refractivity contribution in [1.82, 2.24) is 0 Å². The molecule has 5 atom stereocenters. The van der Waals surface area contributed by atoms with Crippen LogP contribution in [-0.2, 0) is 11.2 Å². The molecule has 0 radical (unpaired) electrons. The van der Waals surface area contributed by atoms with Crippen LogP contribution >= 0.6 is 0 Å². The van der Waals surface area contributed by atoms with Crippen molar-refractivity contribution in [2.24, 2.45) is 0 Å². The maximum Gasteiger partial charge on any atom is 0.170 e. The van der Waals surface area contributed by atoms with E-state index in [4.69, 9.17) is 4.74 Å². The second-order valence-electron chi connectivity index (χ2n) is 7.39. The normalized spacial score (nSPS) is 26.0. The predicted molar refractivity (Wildman–Crippen MR) is 105 cm³/mol. The molecule has 1 aliphatic rings. The molecule has 1 saturated heterocycles. The zero-order chi connectivity index (χ0) is 22.9. The van der Waals surface area contributed by atoms with Gasteiger partial charge in [-0.1, -0.05) is 12.1 Å². The Balaban J connectivity index is 1.92. The maximum atomic E-state index is 12.7. The van der Waals surface area contributed by atoms with E-state index in [-0.39, 0.29) is 18.6 Å². The quantitative estimate of drug-likeness (QED) is 0.283. The standard InChI is InChI=1S/C21H24O10/c22-8-14-17(27)19(29)20(30)21(31-14)16-13(26)7-12(25)15(18(16)28)11(24)6-3-9-1-4-10(23)5-2-9/h1-2,4-5,7,14,17,19-23,25-30H,3,6,8H2/t14-,17-,19+,20+,21+/m1/s1. The second kappa shape index (κ2) is 9.08. The third kappa shape index (κ3) is 4.43. The number of phenolic OH excluding ortho intramolecular Hbond substituents is 4. The molecule has 2 aromatic carbocycles. The van der Waals surface area contributed by atoms with Gasteiger partial charge in [0.2, 0.25) is 0 Å². The summed E-state index contributed by atoms with van der Waals surface area (Å²) in [6.45, 7) is -0.723. The summed E-state index contributed by atoms with van der Waals surface area (Å²) >= 11 is 0. The van der Waals surface area contributed by atoms with Crippen LogP contribution in [-0.4, -0.2) is 77.7 Å². The van der Waals surface area contributed by atoms with E-state index in [9.17, 15) is 45.6 Å². The van der Waals surface area contributed by atoms with Crippen LogP contribution in [0.25, 0.3) is 0 Å². The van der Waals surface area contributed by atoms with Crippen molar-refractivity contribution in [2.45, 2.75) is 43.4 Å². The molecule has 0 saturated carbocycles. The summed E-state index contributed by atoms with van der Waals surface area (Å²) in [5, 5.41) is 79.9. The summed E-state index contributed by atoms with van der Waals surface area (Å²) in [5.74, 6) is -2.87. The van der Waals surface area contributed by atoms with Crippen LogP contribution < -0.4 is 0 Å². The highest BCUT2D eigenvalue weighted by Crippen LogP contribution is 2.46. The van der Waals surface area contributed by atoms with Crippen LogP contribution in [0.3, 0.4) is 0 Å². The van der Waals surface area contributed by atoms with Gasteiger partial charge in [-0.2, -0.15) is 0 Å². The van der Waals surface area contributed by atoms with Crippen LogP contribution in [0, 0.1) is 0 Å². The molecular formula is C21H24O10. The van der Waals surface area contributed by atoms with Crippen molar-refractivity contribution in [2.75, 3.05) is 6.61 Å². The van der Waals surface area contributed by atoms with Crippen molar-refractivity contribution >= 4 is 5.78 Å². The van der Waals surface area contributed by atoms with Crippen molar-refractivity contribution in [3.8, 4) is 23.0 Å². The number of phenols is 4. The zero-order valence-corrected chi connectivity index (χ0v) is 16.3. The molecule has 1 fully saturated rings. The van der Waals surface area contributed by atoms with Gasteiger partial charge in [-0.05, 0) is 24.1 Å². The van der Waals surface area contributed by atoms with E-state index in [1.807, 2.05) is 0 Å². The molecule has 0 bridgehead atoms. The van der Waals surface area contributed by atoms with Gasteiger partial charge < -0.3 is 45.6 Å². The average molecular weight is 436 g/mol. The van der Waals surface area contributed by atoms with E-state index in [1.54, 1.807) is 12.1 Å². The molecule has 0 amide bonds. The van der Waals surface area contributed by atoms with Crippen LogP contribution in [0.1, 0.15) is 34.0 Å². The Morgan fingerprint density at radius 3 is 2.16 bits per heavy atom. The first-order valence-electron chi connectivity index (χ1n) is 9.55. The molecule has 10 nitrogen and oxygen atoms in total. The number of aliphatic hydroxyl groups is 4. The Kier molecular flexibility index (Phi) is 6.68. The largest absolute Gasteiger partial charge is 0.508 e. The lowest BCUT2D eigenvalue weighted by Crippen LogP contribution is -2.55.